The van der Waals surface area contributed by atoms with Crippen LogP contribution >= 0.6 is 0 Å². The van der Waals surface area contributed by atoms with Crippen LogP contribution in [-0.4, -0.2) is 37.2 Å². The zero-order valence-electron chi connectivity index (χ0n) is 20.2. The number of hydrogen-bond acceptors (Lipinski definition) is 7. The Morgan fingerprint density at radius 3 is 2.28 bits per heavy atom. The number of carbonyl (C=O) groups excluding carboxylic acids is 2. The average Bonchev–Trinajstić information content (AvgIpc) is 3.37. The van der Waals surface area contributed by atoms with Gasteiger partial charge in [-0.25, -0.2) is 9.78 Å². The van der Waals surface area contributed by atoms with E-state index in [1.807, 2.05) is 66.7 Å². The molecule has 0 saturated carbocycles. The van der Waals surface area contributed by atoms with Gasteiger partial charge >= 0.3 is 11.9 Å². The molecule has 0 fully saturated rings. The molecule has 0 spiro atoms. The van der Waals surface area contributed by atoms with Gasteiger partial charge in [-0.05, 0) is 31.0 Å². The number of rotatable bonds is 10. The van der Waals surface area contributed by atoms with Crippen LogP contribution in [0, 0.1) is 0 Å². The Kier molecular flexibility index (Phi) is 8.13. The van der Waals surface area contributed by atoms with Crippen LogP contribution in [0.5, 0.6) is 5.75 Å². The first kappa shape index (κ1) is 24.7. The van der Waals surface area contributed by atoms with Crippen LogP contribution in [0.25, 0.3) is 22.6 Å². The van der Waals surface area contributed by atoms with Crippen molar-refractivity contribution in [2.24, 2.45) is 0 Å². The molecule has 1 unspecified atom stereocenters. The first-order valence-corrected chi connectivity index (χ1v) is 11.7. The highest BCUT2D eigenvalue weighted by atomic mass is 16.6. The minimum absolute atomic E-state index is 0.206. The van der Waals surface area contributed by atoms with E-state index in [1.54, 1.807) is 25.1 Å². The smallest absolute Gasteiger partial charge is 0.343 e. The van der Waals surface area contributed by atoms with Crippen molar-refractivity contribution in [1.82, 2.24) is 4.98 Å². The maximum absolute atomic E-state index is 13.1. The van der Waals surface area contributed by atoms with Gasteiger partial charge in [0, 0.05) is 11.1 Å². The van der Waals surface area contributed by atoms with Crippen LogP contribution in [0.3, 0.4) is 0 Å². The molecule has 1 heterocycles. The highest BCUT2D eigenvalue weighted by molar-refractivity contribution is 5.80. The van der Waals surface area contributed by atoms with Gasteiger partial charge in [0.1, 0.15) is 17.4 Å². The van der Waals surface area contributed by atoms with Crippen LogP contribution < -0.4 is 4.74 Å². The van der Waals surface area contributed by atoms with Gasteiger partial charge < -0.3 is 18.6 Å². The van der Waals surface area contributed by atoms with Gasteiger partial charge in [0.15, 0.2) is 12.4 Å². The van der Waals surface area contributed by atoms with E-state index in [1.165, 1.54) is 7.11 Å². The topological polar surface area (TPSA) is 87.9 Å². The molecule has 3 aromatic carbocycles. The van der Waals surface area contributed by atoms with Gasteiger partial charge in [-0.15, -0.1) is 0 Å². The predicted molar refractivity (Wildman–Crippen MR) is 134 cm³/mol. The molecule has 0 aliphatic rings. The maximum atomic E-state index is 13.1. The molecule has 184 valence electrons. The molecule has 4 rings (SSSR count). The van der Waals surface area contributed by atoms with Crippen molar-refractivity contribution in [1.29, 1.82) is 0 Å². The summed E-state index contributed by atoms with van der Waals surface area (Å²) in [6.45, 7) is 1.79. The number of nitrogens with zero attached hydrogens (tertiary/aromatic N) is 1. The number of hydrogen-bond donors (Lipinski definition) is 0. The maximum Gasteiger partial charge on any atom is 0.343 e. The molecule has 0 saturated heterocycles. The van der Waals surface area contributed by atoms with Gasteiger partial charge in [-0.3, -0.25) is 4.79 Å². The summed E-state index contributed by atoms with van der Waals surface area (Å²) in [7, 11) is 1.30. The zero-order chi connectivity index (χ0) is 25.3. The first-order valence-electron chi connectivity index (χ1n) is 11.7. The molecule has 0 N–H and O–H groups in total. The summed E-state index contributed by atoms with van der Waals surface area (Å²) < 4.78 is 21.8. The van der Waals surface area contributed by atoms with Crippen molar-refractivity contribution >= 4 is 11.9 Å². The number of aromatic nitrogens is 1. The number of esters is 2. The van der Waals surface area contributed by atoms with Crippen LogP contribution in [0.4, 0.5) is 0 Å². The summed E-state index contributed by atoms with van der Waals surface area (Å²) in [5.74, 6) is -0.345. The minimum Gasteiger partial charge on any atom is -0.482 e. The molecule has 0 aliphatic carbocycles. The van der Waals surface area contributed by atoms with Crippen LogP contribution in [0.1, 0.15) is 24.3 Å². The lowest BCUT2D eigenvalue weighted by molar-refractivity contribution is -0.145. The van der Waals surface area contributed by atoms with Crippen molar-refractivity contribution < 1.29 is 28.2 Å². The third-order valence-corrected chi connectivity index (χ3v) is 5.52. The largest absolute Gasteiger partial charge is 0.482 e. The highest BCUT2D eigenvalue weighted by Crippen LogP contribution is 2.36. The molecule has 1 atom stereocenters. The van der Waals surface area contributed by atoms with E-state index < -0.39 is 17.9 Å². The van der Waals surface area contributed by atoms with Gasteiger partial charge in [0.05, 0.1) is 13.7 Å². The molecule has 0 radical (unpaired) electrons. The number of methoxy groups -OCH3 is 1. The second-order valence-corrected chi connectivity index (χ2v) is 7.98. The first-order chi connectivity index (χ1) is 17.6. The van der Waals surface area contributed by atoms with Crippen molar-refractivity contribution in [2.45, 2.75) is 19.3 Å². The summed E-state index contributed by atoms with van der Waals surface area (Å²) in [6.07, 6.45) is 0.275. The predicted octanol–water partition coefficient (Wildman–Crippen LogP) is 5.45. The van der Waals surface area contributed by atoms with E-state index >= 15 is 0 Å². The monoisotopic (exact) mass is 485 g/mol. The summed E-state index contributed by atoms with van der Waals surface area (Å²) in [5, 5.41) is 0. The summed E-state index contributed by atoms with van der Waals surface area (Å²) in [5.41, 5.74) is 3.19. The van der Waals surface area contributed by atoms with Crippen molar-refractivity contribution in [3.8, 4) is 28.3 Å². The van der Waals surface area contributed by atoms with Gasteiger partial charge in [-0.2, -0.15) is 0 Å². The second-order valence-electron chi connectivity index (χ2n) is 7.98. The molecule has 7 heteroatoms. The van der Waals surface area contributed by atoms with Gasteiger partial charge in [-0.1, -0.05) is 72.8 Å². The highest BCUT2D eigenvalue weighted by Gasteiger charge is 2.30. The third kappa shape index (κ3) is 5.99. The van der Waals surface area contributed by atoms with Crippen LogP contribution in [-0.2, 0) is 25.5 Å². The van der Waals surface area contributed by atoms with Crippen LogP contribution in [0.15, 0.2) is 89.3 Å². The molecule has 36 heavy (non-hydrogen) atoms. The lowest BCUT2D eigenvalue weighted by Gasteiger charge is -2.13. The molecular formula is C29H27NO6. The van der Waals surface area contributed by atoms with Gasteiger partial charge in [0.2, 0.25) is 5.89 Å². The van der Waals surface area contributed by atoms with Crippen molar-refractivity contribution in [3.05, 3.63) is 96.4 Å². The van der Waals surface area contributed by atoms with Crippen molar-refractivity contribution in [2.75, 3.05) is 20.3 Å². The Morgan fingerprint density at radius 2 is 1.61 bits per heavy atom. The lowest BCUT2D eigenvalue weighted by Crippen LogP contribution is -2.19. The molecule has 4 aromatic rings. The Balaban J connectivity index is 1.71. The van der Waals surface area contributed by atoms with E-state index in [4.69, 9.17) is 18.9 Å². The molecule has 0 bridgehead atoms. The molecular weight excluding hydrogens is 458 g/mol. The lowest BCUT2D eigenvalue weighted by atomic mass is 9.99. The standard InChI is InChI=1S/C29H27NO6/c1-3-34-29(32)24(18-20-11-10-16-23(17-20)35-19-25(31)33-2)28-30-26(21-12-6-4-7-13-21)27(36-28)22-14-8-5-9-15-22/h4-17,24H,3,18-19H2,1-2H3. The fourth-order valence-electron chi connectivity index (χ4n) is 3.78. The molecule has 0 amide bonds. The number of ether oxygens (including phenoxy) is 3. The molecule has 0 aliphatic heterocycles. The number of carbonyl (C=O) groups is 2. The van der Waals surface area contributed by atoms with E-state index in [9.17, 15) is 9.59 Å². The second kappa shape index (κ2) is 11.8. The fourth-order valence-corrected chi connectivity index (χ4v) is 3.78. The summed E-state index contributed by atoms with van der Waals surface area (Å²) in [4.78, 5) is 29.3. The fraction of sp³-hybridized carbons (Fsp3) is 0.207. The number of oxazole rings is 1. The Labute approximate surface area is 209 Å². The Hall–Kier alpha value is -4.39. The summed E-state index contributed by atoms with van der Waals surface area (Å²) in [6, 6.07) is 26.5. The SMILES string of the molecule is CCOC(=O)C(Cc1cccc(OCC(=O)OC)c1)c1nc(-c2ccccc2)c(-c2ccccc2)o1. The average molecular weight is 486 g/mol. The van der Waals surface area contributed by atoms with E-state index in [2.05, 4.69) is 4.74 Å². The van der Waals surface area contributed by atoms with E-state index in [-0.39, 0.29) is 25.5 Å². The van der Waals surface area contributed by atoms with Crippen molar-refractivity contribution in [3.63, 3.8) is 0 Å². The third-order valence-electron chi connectivity index (χ3n) is 5.52. The van der Waals surface area contributed by atoms with Crippen LogP contribution in [0.2, 0.25) is 0 Å². The Morgan fingerprint density at radius 1 is 0.917 bits per heavy atom. The normalized spacial score (nSPS) is 11.5. The minimum atomic E-state index is -0.777. The summed E-state index contributed by atoms with van der Waals surface area (Å²) >= 11 is 0. The molecule has 1 aromatic heterocycles. The quantitative estimate of drug-likeness (QED) is 0.276. The van der Waals surface area contributed by atoms with Gasteiger partial charge in [0.25, 0.3) is 0 Å². The Bertz CT molecular complexity index is 1240. The molecule has 7 nitrogen and oxygen atoms in total. The number of benzene rings is 3. The zero-order valence-corrected chi connectivity index (χ0v) is 20.2. The van der Waals surface area contributed by atoms with E-state index in [0.29, 0.717) is 17.2 Å². The van der Waals surface area contributed by atoms with E-state index in [0.717, 1.165) is 16.7 Å².